The number of hydrogen-bond acceptors (Lipinski definition) is 5. The number of nitriles is 1. The lowest BCUT2D eigenvalue weighted by Crippen LogP contribution is -2.22. The van der Waals surface area contributed by atoms with Crippen molar-refractivity contribution < 1.29 is 4.74 Å². The van der Waals surface area contributed by atoms with E-state index < -0.39 is 5.92 Å². The molecule has 3 aromatic rings. The SMILES string of the molecule is N#CC1=C(N)Oc2c(c(N)nn2-c2ccccc2)C1c1ccc(Cl)cc1Cl. The molecule has 2 aromatic carbocycles. The van der Waals surface area contributed by atoms with Crippen LogP contribution >= 0.6 is 23.2 Å². The molecule has 0 saturated heterocycles. The number of hydrogen-bond donors (Lipinski definition) is 2. The van der Waals surface area contributed by atoms with E-state index in [9.17, 15) is 5.26 Å². The summed E-state index contributed by atoms with van der Waals surface area (Å²) in [5.74, 6) is -0.0459. The van der Waals surface area contributed by atoms with Crippen molar-refractivity contribution in [2.75, 3.05) is 5.73 Å². The lowest BCUT2D eigenvalue weighted by atomic mass is 9.85. The lowest BCUT2D eigenvalue weighted by Gasteiger charge is -2.25. The molecule has 0 fully saturated rings. The lowest BCUT2D eigenvalue weighted by molar-refractivity contribution is 0.367. The fourth-order valence-electron chi connectivity index (χ4n) is 3.16. The third kappa shape index (κ3) is 2.78. The quantitative estimate of drug-likeness (QED) is 0.680. The van der Waals surface area contributed by atoms with Crippen LogP contribution in [-0.4, -0.2) is 9.78 Å². The van der Waals surface area contributed by atoms with Gasteiger partial charge in [0.25, 0.3) is 0 Å². The molecule has 2 heterocycles. The summed E-state index contributed by atoms with van der Waals surface area (Å²) in [6.07, 6.45) is 0. The Balaban J connectivity index is 1.98. The van der Waals surface area contributed by atoms with Gasteiger partial charge in [0.05, 0.1) is 17.2 Å². The monoisotopic (exact) mass is 397 g/mol. The molecular weight excluding hydrogens is 385 g/mol. The predicted octanol–water partition coefficient (Wildman–Crippen LogP) is 3.98. The van der Waals surface area contributed by atoms with Gasteiger partial charge in [0.1, 0.15) is 11.6 Å². The third-order valence-electron chi connectivity index (χ3n) is 4.35. The molecule has 8 heteroatoms. The number of fused-ring (bicyclic) bond motifs is 1. The highest BCUT2D eigenvalue weighted by molar-refractivity contribution is 6.35. The summed E-state index contributed by atoms with van der Waals surface area (Å²) in [5, 5.41) is 15.0. The maximum atomic E-state index is 9.67. The minimum absolute atomic E-state index is 0.0157. The molecular formula is C19H13Cl2N5O. The van der Waals surface area contributed by atoms with Crippen LogP contribution < -0.4 is 16.2 Å². The first-order chi connectivity index (χ1) is 13.0. The summed E-state index contributed by atoms with van der Waals surface area (Å²) in [4.78, 5) is 0. The molecule has 0 aliphatic carbocycles. The number of anilines is 1. The van der Waals surface area contributed by atoms with Gasteiger partial charge >= 0.3 is 0 Å². The van der Waals surface area contributed by atoms with Crippen LogP contribution in [0.1, 0.15) is 17.0 Å². The van der Waals surface area contributed by atoms with Gasteiger partial charge in [0, 0.05) is 10.0 Å². The molecule has 4 N–H and O–H groups in total. The van der Waals surface area contributed by atoms with Crippen LogP contribution in [0.15, 0.2) is 60.0 Å². The number of ether oxygens (including phenoxy) is 1. The molecule has 1 atom stereocenters. The van der Waals surface area contributed by atoms with Crippen LogP contribution in [0.4, 0.5) is 5.82 Å². The van der Waals surface area contributed by atoms with Crippen LogP contribution in [-0.2, 0) is 0 Å². The van der Waals surface area contributed by atoms with E-state index >= 15 is 0 Å². The fourth-order valence-corrected chi connectivity index (χ4v) is 3.67. The molecule has 1 aliphatic heterocycles. The maximum absolute atomic E-state index is 9.67. The van der Waals surface area contributed by atoms with Crippen molar-refractivity contribution in [3.05, 3.63) is 81.2 Å². The summed E-state index contributed by atoms with van der Waals surface area (Å²) in [5.41, 5.74) is 14.4. The smallest absolute Gasteiger partial charge is 0.231 e. The number of para-hydroxylation sites is 1. The van der Waals surface area contributed by atoms with Crippen molar-refractivity contribution >= 4 is 29.0 Å². The minimum atomic E-state index is -0.610. The number of nitrogen functional groups attached to an aromatic ring is 1. The Morgan fingerprint density at radius 1 is 1.11 bits per heavy atom. The van der Waals surface area contributed by atoms with E-state index in [1.54, 1.807) is 22.9 Å². The molecule has 1 aromatic heterocycles. The molecule has 1 unspecified atom stereocenters. The van der Waals surface area contributed by atoms with Gasteiger partial charge in [-0.15, -0.1) is 5.10 Å². The van der Waals surface area contributed by atoms with Gasteiger partial charge < -0.3 is 16.2 Å². The summed E-state index contributed by atoms with van der Waals surface area (Å²) >= 11 is 12.4. The van der Waals surface area contributed by atoms with Crippen molar-refractivity contribution in [1.82, 2.24) is 9.78 Å². The van der Waals surface area contributed by atoms with Gasteiger partial charge in [-0.2, -0.15) is 9.94 Å². The average molecular weight is 398 g/mol. The van der Waals surface area contributed by atoms with E-state index in [4.69, 9.17) is 39.4 Å². The zero-order valence-corrected chi connectivity index (χ0v) is 15.4. The summed E-state index contributed by atoms with van der Waals surface area (Å²) in [6, 6.07) is 16.5. The molecule has 0 bridgehead atoms. The number of allylic oxidation sites excluding steroid dienone is 1. The Bertz CT molecular complexity index is 1120. The van der Waals surface area contributed by atoms with E-state index in [0.29, 0.717) is 27.1 Å². The van der Waals surface area contributed by atoms with Gasteiger partial charge in [-0.1, -0.05) is 47.5 Å². The number of halogens is 2. The van der Waals surface area contributed by atoms with Crippen molar-refractivity contribution in [3.63, 3.8) is 0 Å². The number of nitrogens with two attached hydrogens (primary N) is 2. The van der Waals surface area contributed by atoms with E-state index in [1.807, 2.05) is 30.3 Å². The van der Waals surface area contributed by atoms with Crippen LogP contribution in [0.2, 0.25) is 10.0 Å². The summed E-state index contributed by atoms with van der Waals surface area (Å²) < 4.78 is 7.30. The van der Waals surface area contributed by atoms with Crippen LogP contribution in [0.3, 0.4) is 0 Å². The molecule has 4 rings (SSSR count). The minimum Gasteiger partial charge on any atom is -0.422 e. The fraction of sp³-hybridized carbons (Fsp3) is 0.0526. The zero-order chi connectivity index (χ0) is 19.1. The van der Waals surface area contributed by atoms with Gasteiger partial charge in [-0.25, -0.2) is 0 Å². The third-order valence-corrected chi connectivity index (χ3v) is 4.91. The Labute approximate surface area is 165 Å². The second kappa shape index (κ2) is 6.54. The largest absolute Gasteiger partial charge is 0.422 e. The molecule has 0 spiro atoms. The Kier molecular flexibility index (Phi) is 4.19. The molecule has 0 radical (unpaired) electrons. The second-order valence-electron chi connectivity index (χ2n) is 5.94. The topological polar surface area (TPSA) is 103 Å². The highest BCUT2D eigenvalue weighted by Gasteiger charge is 2.37. The molecule has 0 saturated carbocycles. The van der Waals surface area contributed by atoms with E-state index in [-0.39, 0.29) is 17.3 Å². The van der Waals surface area contributed by atoms with Gasteiger partial charge in [-0.05, 0) is 29.8 Å². The number of aromatic nitrogens is 2. The average Bonchev–Trinajstić information content (AvgIpc) is 2.98. The van der Waals surface area contributed by atoms with E-state index in [1.165, 1.54) is 0 Å². The number of rotatable bonds is 2. The highest BCUT2D eigenvalue weighted by atomic mass is 35.5. The van der Waals surface area contributed by atoms with Gasteiger partial charge in [0.2, 0.25) is 11.8 Å². The first-order valence-corrected chi connectivity index (χ1v) is 8.73. The van der Waals surface area contributed by atoms with E-state index in [0.717, 1.165) is 5.69 Å². The Morgan fingerprint density at radius 2 is 1.85 bits per heavy atom. The first kappa shape index (κ1) is 17.3. The summed E-state index contributed by atoms with van der Waals surface area (Å²) in [6.45, 7) is 0. The Morgan fingerprint density at radius 3 is 2.52 bits per heavy atom. The molecule has 6 nitrogen and oxygen atoms in total. The van der Waals surface area contributed by atoms with Crippen LogP contribution in [0, 0.1) is 11.3 Å². The molecule has 0 amide bonds. The van der Waals surface area contributed by atoms with E-state index in [2.05, 4.69) is 11.2 Å². The maximum Gasteiger partial charge on any atom is 0.231 e. The molecule has 1 aliphatic rings. The normalized spacial score (nSPS) is 15.8. The predicted molar refractivity (Wildman–Crippen MR) is 104 cm³/mol. The van der Waals surface area contributed by atoms with Gasteiger partial charge in [0.15, 0.2) is 5.82 Å². The van der Waals surface area contributed by atoms with Crippen molar-refractivity contribution in [2.45, 2.75) is 5.92 Å². The van der Waals surface area contributed by atoms with Gasteiger partial charge in [-0.3, -0.25) is 0 Å². The highest BCUT2D eigenvalue weighted by Crippen LogP contribution is 2.47. The number of nitrogens with zero attached hydrogens (tertiary/aromatic N) is 3. The second-order valence-corrected chi connectivity index (χ2v) is 6.79. The molecule has 27 heavy (non-hydrogen) atoms. The van der Waals surface area contributed by atoms with Crippen LogP contribution in [0.25, 0.3) is 5.69 Å². The summed E-state index contributed by atoms with van der Waals surface area (Å²) in [7, 11) is 0. The van der Waals surface area contributed by atoms with Crippen molar-refractivity contribution in [3.8, 4) is 17.6 Å². The standard InChI is InChI=1S/C19H13Cl2N5O/c20-10-6-7-12(14(21)8-10)15-13(9-22)18(24)27-19-16(15)17(23)25-26(19)11-4-2-1-3-5-11/h1-8,15H,24H2,(H2,23,25). The van der Waals surface area contributed by atoms with Crippen molar-refractivity contribution in [2.24, 2.45) is 5.73 Å². The molecule has 134 valence electrons. The zero-order valence-electron chi connectivity index (χ0n) is 13.9. The Hall–Kier alpha value is -3.14. The number of benzene rings is 2. The van der Waals surface area contributed by atoms with Crippen molar-refractivity contribution in [1.29, 1.82) is 5.26 Å². The first-order valence-electron chi connectivity index (χ1n) is 7.97. The van der Waals surface area contributed by atoms with Crippen LogP contribution in [0.5, 0.6) is 5.88 Å².